The van der Waals surface area contributed by atoms with Crippen molar-refractivity contribution in [2.24, 2.45) is 0 Å². The van der Waals surface area contributed by atoms with Crippen LogP contribution >= 0.6 is 0 Å². The summed E-state index contributed by atoms with van der Waals surface area (Å²) < 4.78 is 5.25. The predicted molar refractivity (Wildman–Crippen MR) is 99.5 cm³/mol. The predicted octanol–water partition coefficient (Wildman–Crippen LogP) is 2.43. The number of anilines is 1. The minimum Gasteiger partial charge on any atom is -0.463 e. The van der Waals surface area contributed by atoms with E-state index in [0.29, 0.717) is 24.5 Å². The summed E-state index contributed by atoms with van der Waals surface area (Å²) in [6.45, 7) is 2.14. The van der Waals surface area contributed by atoms with Gasteiger partial charge < -0.3 is 19.6 Å². The van der Waals surface area contributed by atoms with Crippen molar-refractivity contribution in [2.75, 3.05) is 24.5 Å². The average Bonchev–Trinajstić information content (AvgIpc) is 3.32. The summed E-state index contributed by atoms with van der Waals surface area (Å²) in [4.78, 5) is 29.4. The highest BCUT2D eigenvalue weighted by atomic mass is 16.3. The zero-order valence-corrected chi connectivity index (χ0v) is 14.2. The van der Waals surface area contributed by atoms with E-state index in [1.807, 2.05) is 12.1 Å². The van der Waals surface area contributed by atoms with Crippen LogP contribution in [0.3, 0.4) is 0 Å². The molecule has 0 spiro atoms. The van der Waals surface area contributed by atoms with Crippen molar-refractivity contribution in [3.05, 3.63) is 76.3 Å². The van der Waals surface area contributed by atoms with Crippen molar-refractivity contribution >= 4 is 11.6 Å². The number of amides is 1. The van der Waals surface area contributed by atoms with E-state index in [2.05, 4.69) is 27.3 Å². The molecule has 0 saturated heterocycles. The Morgan fingerprint density at radius 2 is 2.04 bits per heavy atom. The fraction of sp³-hybridized carbons (Fsp3) is 0.200. The molecule has 0 aliphatic carbocycles. The van der Waals surface area contributed by atoms with Gasteiger partial charge in [0.1, 0.15) is 11.3 Å². The van der Waals surface area contributed by atoms with E-state index in [9.17, 15) is 9.59 Å². The molecule has 2 N–H and O–H groups in total. The van der Waals surface area contributed by atoms with Gasteiger partial charge in [0.2, 0.25) is 0 Å². The quantitative estimate of drug-likeness (QED) is 0.742. The number of pyridine rings is 1. The lowest BCUT2D eigenvalue weighted by Crippen LogP contribution is -2.36. The van der Waals surface area contributed by atoms with Crippen LogP contribution in [0.4, 0.5) is 5.69 Å². The standard InChI is InChI=1S/C20H19N3O3/c24-19(15-7-8-16(22-20(15)25)18-6-3-13-26-18)21-10-12-23-11-9-14-4-1-2-5-17(14)23/h1-8,13H,9-12H2,(H,21,24)(H,22,25). The van der Waals surface area contributed by atoms with E-state index in [0.717, 1.165) is 13.0 Å². The minimum atomic E-state index is -0.428. The average molecular weight is 349 g/mol. The van der Waals surface area contributed by atoms with Gasteiger partial charge in [0.05, 0.1) is 12.0 Å². The minimum absolute atomic E-state index is 0.0992. The number of fused-ring (bicyclic) bond motifs is 1. The van der Waals surface area contributed by atoms with Gasteiger partial charge in [-0.3, -0.25) is 9.59 Å². The number of aromatic amines is 1. The number of hydrogen-bond donors (Lipinski definition) is 2. The topological polar surface area (TPSA) is 78.3 Å². The zero-order valence-electron chi connectivity index (χ0n) is 14.2. The number of H-pyrrole nitrogens is 1. The molecule has 3 aromatic rings. The number of para-hydroxylation sites is 1. The van der Waals surface area contributed by atoms with Gasteiger partial charge in [-0.25, -0.2) is 0 Å². The van der Waals surface area contributed by atoms with Gasteiger partial charge in [0.25, 0.3) is 11.5 Å². The third-order valence-corrected chi connectivity index (χ3v) is 4.59. The Morgan fingerprint density at radius 3 is 2.85 bits per heavy atom. The molecule has 0 fully saturated rings. The lowest BCUT2D eigenvalue weighted by Gasteiger charge is -2.19. The highest BCUT2D eigenvalue weighted by Crippen LogP contribution is 2.26. The largest absolute Gasteiger partial charge is 0.463 e. The van der Waals surface area contributed by atoms with Gasteiger partial charge in [0.15, 0.2) is 0 Å². The SMILES string of the molecule is O=C(NCCN1CCc2ccccc21)c1ccc(-c2ccco2)[nH]c1=O. The number of nitrogens with one attached hydrogen (secondary N) is 2. The van der Waals surface area contributed by atoms with Crippen LogP contribution in [-0.2, 0) is 6.42 Å². The van der Waals surface area contributed by atoms with Crippen LogP contribution in [-0.4, -0.2) is 30.5 Å². The third kappa shape index (κ3) is 3.13. The van der Waals surface area contributed by atoms with Crippen molar-refractivity contribution in [1.29, 1.82) is 0 Å². The molecule has 0 atom stereocenters. The van der Waals surface area contributed by atoms with Crippen LogP contribution in [0.15, 0.2) is 64.0 Å². The molecule has 1 amide bonds. The summed E-state index contributed by atoms with van der Waals surface area (Å²) in [6.07, 6.45) is 2.56. The van der Waals surface area contributed by atoms with E-state index in [-0.39, 0.29) is 11.5 Å². The molecule has 1 aromatic carbocycles. The van der Waals surface area contributed by atoms with Gasteiger partial charge >= 0.3 is 0 Å². The summed E-state index contributed by atoms with van der Waals surface area (Å²) >= 11 is 0. The fourth-order valence-electron chi connectivity index (χ4n) is 3.27. The maximum absolute atomic E-state index is 12.3. The maximum atomic E-state index is 12.3. The second-order valence-corrected chi connectivity index (χ2v) is 6.21. The van der Waals surface area contributed by atoms with Crippen LogP contribution < -0.4 is 15.8 Å². The highest BCUT2D eigenvalue weighted by molar-refractivity contribution is 5.94. The van der Waals surface area contributed by atoms with Crippen LogP contribution in [0.5, 0.6) is 0 Å². The van der Waals surface area contributed by atoms with Crippen molar-refractivity contribution in [1.82, 2.24) is 10.3 Å². The molecule has 0 bridgehead atoms. The smallest absolute Gasteiger partial charge is 0.261 e. The summed E-state index contributed by atoms with van der Waals surface area (Å²) in [5, 5.41) is 2.83. The Labute approximate surface area is 150 Å². The second kappa shape index (κ2) is 6.92. The van der Waals surface area contributed by atoms with Crippen molar-refractivity contribution < 1.29 is 9.21 Å². The number of hydrogen-bond acceptors (Lipinski definition) is 4. The van der Waals surface area contributed by atoms with E-state index in [1.165, 1.54) is 23.6 Å². The Morgan fingerprint density at radius 1 is 1.15 bits per heavy atom. The fourth-order valence-corrected chi connectivity index (χ4v) is 3.27. The number of nitrogens with zero attached hydrogens (tertiary/aromatic N) is 1. The van der Waals surface area contributed by atoms with E-state index < -0.39 is 5.56 Å². The molecular weight excluding hydrogens is 330 g/mol. The molecule has 6 heteroatoms. The maximum Gasteiger partial charge on any atom is 0.261 e. The zero-order chi connectivity index (χ0) is 17.9. The molecule has 1 aliphatic rings. The molecule has 6 nitrogen and oxygen atoms in total. The molecule has 132 valence electrons. The molecule has 0 radical (unpaired) electrons. The Hall–Kier alpha value is -3.28. The van der Waals surface area contributed by atoms with Crippen molar-refractivity contribution in [2.45, 2.75) is 6.42 Å². The number of benzene rings is 1. The molecule has 0 unspecified atom stereocenters. The summed E-state index contributed by atoms with van der Waals surface area (Å²) in [5.74, 6) is 0.187. The number of rotatable bonds is 5. The van der Waals surface area contributed by atoms with Crippen LogP contribution in [0, 0.1) is 0 Å². The Bertz CT molecular complexity index is 976. The molecule has 26 heavy (non-hydrogen) atoms. The molecule has 0 saturated carbocycles. The first-order chi connectivity index (χ1) is 12.7. The first-order valence-electron chi connectivity index (χ1n) is 8.60. The third-order valence-electron chi connectivity index (χ3n) is 4.59. The summed E-state index contributed by atoms with van der Waals surface area (Å²) in [6, 6.07) is 15.0. The van der Waals surface area contributed by atoms with Gasteiger partial charge in [-0.2, -0.15) is 0 Å². The van der Waals surface area contributed by atoms with Gasteiger partial charge in [-0.05, 0) is 42.3 Å². The van der Waals surface area contributed by atoms with Crippen LogP contribution in [0.1, 0.15) is 15.9 Å². The van der Waals surface area contributed by atoms with Gasteiger partial charge in [0, 0.05) is 25.3 Å². The normalized spacial score (nSPS) is 12.8. The van der Waals surface area contributed by atoms with Crippen LogP contribution in [0.25, 0.3) is 11.5 Å². The van der Waals surface area contributed by atoms with Crippen LogP contribution in [0.2, 0.25) is 0 Å². The lowest BCUT2D eigenvalue weighted by molar-refractivity contribution is 0.0953. The molecule has 3 heterocycles. The number of furan rings is 1. The lowest BCUT2D eigenvalue weighted by atomic mass is 10.2. The summed E-state index contributed by atoms with van der Waals surface area (Å²) in [5.41, 5.74) is 2.78. The highest BCUT2D eigenvalue weighted by Gasteiger charge is 2.18. The molecular formula is C20H19N3O3. The first-order valence-corrected chi connectivity index (χ1v) is 8.60. The molecule has 1 aliphatic heterocycles. The van der Waals surface area contributed by atoms with E-state index in [1.54, 1.807) is 18.2 Å². The van der Waals surface area contributed by atoms with Gasteiger partial charge in [-0.1, -0.05) is 18.2 Å². The van der Waals surface area contributed by atoms with Crippen molar-refractivity contribution in [3.63, 3.8) is 0 Å². The summed E-state index contributed by atoms with van der Waals surface area (Å²) in [7, 11) is 0. The molecule has 2 aromatic heterocycles. The first kappa shape index (κ1) is 16.2. The number of carbonyl (C=O) groups is 1. The second-order valence-electron chi connectivity index (χ2n) is 6.21. The Balaban J connectivity index is 1.38. The van der Waals surface area contributed by atoms with Gasteiger partial charge in [-0.15, -0.1) is 0 Å². The van der Waals surface area contributed by atoms with E-state index >= 15 is 0 Å². The number of aromatic nitrogens is 1. The monoisotopic (exact) mass is 349 g/mol. The van der Waals surface area contributed by atoms with E-state index in [4.69, 9.17) is 4.42 Å². The van der Waals surface area contributed by atoms with Crippen molar-refractivity contribution in [3.8, 4) is 11.5 Å². The molecule has 4 rings (SSSR count). The number of carbonyl (C=O) groups excluding carboxylic acids is 1. The Kier molecular flexibility index (Phi) is 4.31.